The molecule has 3 heteroatoms. The van der Waals surface area contributed by atoms with Gasteiger partial charge >= 0.3 is 0 Å². The largest absolute Gasteiger partial charge is 0.491 e. The van der Waals surface area contributed by atoms with Gasteiger partial charge in [-0.05, 0) is 119 Å². The number of hydrogen-bond donors (Lipinski definition) is 0. The maximum absolute atomic E-state index is 14.6. The summed E-state index contributed by atoms with van der Waals surface area (Å²) in [4.78, 5) is 0. The highest BCUT2D eigenvalue weighted by Gasteiger charge is 2.32. The highest BCUT2D eigenvalue weighted by Crippen LogP contribution is 2.45. The smallest absolute Gasteiger partial charge is 0.200 e. The van der Waals surface area contributed by atoms with E-state index < -0.39 is 11.6 Å². The summed E-state index contributed by atoms with van der Waals surface area (Å²) in [6, 6.07) is 12.2. The van der Waals surface area contributed by atoms with Crippen LogP contribution in [-0.4, -0.2) is 6.61 Å². The number of ether oxygens (including phenoxy) is 1. The SMILES string of the molecule is CCOc1ccc(C2CCC(C3CCC(/C=C/CCc4ccc(C)cc4)CC3)CC2)c(F)c1F. The first kappa shape index (κ1) is 24.9. The molecule has 2 saturated carbocycles. The molecule has 184 valence electrons. The normalized spacial score (nSPS) is 25.5. The number of benzene rings is 2. The Kier molecular flexibility index (Phi) is 8.80. The molecule has 2 aliphatic rings. The Labute approximate surface area is 204 Å². The van der Waals surface area contributed by atoms with E-state index in [2.05, 4.69) is 43.3 Å². The van der Waals surface area contributed by atoms with Crippen molar-refractivity contribution < 1.29 is 13.5 Å². The summed E-state index contributed by atoms with van der Waals surface area (Å²) in [7, 11) is 0. The Morgan fingerprint density at radius 2 is 1.47 bits per heavy atom. The zero-order chi connectivity index (χ0) is 23.9. The van der Waals surface area contributed by atoms with E-state index in [0.717, 1.165) is 56.3 Å². The van der Waals surface area contributed by atoms with Crippen molar-refractivity contribution in [1.29, 1.82) is 0 Å². The maximum atomic E-state index is 14.6. The minimum absolute atomic E-state index is 0.0263. The number of rotatable bonds is 8. The number of allylic oxidation sites excluding steroid dienone is 2. The topological polar surface area (TPSA) is 9.23 Å². The molecule has 0 spiro atoms. The van der Waals surface area contributed by atoms with E-state index in [1.54, 1.807) is 19.1 Å². The van der Waals surface area contributed by atoms with Gasteiger partial charge in [0, 0.05) is 0 Å². The van der Waals surface area contributed by atoms with Gasteiger partial charge in [-0.1, -0.05) is 48.0 Å². The van der Waals surface area contributed by atoms with Crippen molar-refractivity contribution >= 4 is 0 Å². The van der Waals surface area contributed by atoms with Crippen molar-refractivity contribution in [1.82, 2.24) is 0 Å². The maximum Gasteiger partial charge on any atom is 0.200 e. The molecule has 0 N–H and O–H groups in total. The van der Waals surface area contributed by atoms with Gasteiger partial charge < -0.3 is 4.74 Å². The first-order valence-electron chi connectivity index (χ1n) is 13.4. The molecule has 1 nitrogen and oxygen atoms in total. The molecule has 0 aromatic heterocycles. The van der Waals surface area contributed by atoms with Gasteiger partial charge in [0.05, 0.1) is 6.61 Å². The Morgan fingerprint density at radius 1 is 0.824 bits per heavy atom. The predicted molar refractivity (Wildman–Crippen MR) is 136 cm³/mol. The number of hydrogen-bond acceptors (Lipinski definition) is 1. The highest BCUT2D eigenvalue weighted by molar-refractivity contribution is 5.33. The van der Waals surface area contributed by atoms with Gasteiger partial charge in [0.2, 0.25) is 5.82 Å². The summed E-state index contributed by atoms with van der Waals surface area (Å²) >= 11 is 0. The Balaban J connectivity index is 1.20. The van der Waals surface area contributed by atoms with E-state index in [0.29, 0.717) is 12.2 Å². The molecule has 2 aromatic rings. The van der Waals surface area contributed by atoms with E-state index in [-0.39, 0.29) is 11.7 Å². The summed E-state index contributed by atoms with van der Waals surface area (Å²) in [5, 5.41) is 0. The first-order valence-corrected chi connectivity index (χ1v) is 13.4. The second-order valence-corrected chi connectivity index (χ2v) is 10.5. The third-order valence-corrected chi connectivity index (χ3v) is 8.20. The van der Waals surface area contributed by atoms with Gasteiger partial charge in [0.1, 0.15) is 0 Å². The van der Waals surface area contributed by atoms with Crippen LogP contribution in [0, 0.1) is 36.3 Å². The average Bonchev–Trinajstić information content (AvgIpc) is 2.87. The van der Waals surface area contributed by atoms with Crippen LogP contribution >= 0.6 is 0 Å². The molecule has 34 heavy (non-hydrogen) atoms. The van der Waals surface area contributed by atoms with Gasteiger partial charge in [-0.3, -0.25) is 0 Å². The molecule has 0 saturated heterocycles. The van der Waals surface area contributed by atoms with E-state index in [4.69, 9.17) is 4.74 Å². The molecule has 0 aliphatic heterocycles. The van der Waals surface area contributed by atoms with Crippen molar-refractivity contribution in [3.63, 3.8) is 0 Å². The molecule has 0 bridgehead atoms. The molecule has 2 fully saturated rings. The van der Waals surface area contributed by atoms with E-state index >= 15 is 0 Å². The standard InChI is InChI=1S/C31H40F2O/c1-3-34-29-21-20-28(30(32)31(29)33)27-18-16-26(17-19-27)25-14-12-24(13-15-25)7-5-4-6-23-10-8-22(2)9-11-23/h5,7-11,20-21,24-27H,3-4,6,12-19H2,1-2H3/b7-5+. The van der Waals surface area contributed by atoms with Gasteiger partial charge in [-0.25, -0.2) is 4.39 Å². The molecule has 2 aromatic carbocycles. The van der Waals surface area contributed by atoms with Gasteiger partial charge in [-0.15, -0.1) is 0 Å². The fraction of sp³-hybridized carbons (Fsp3) is 0.548. The number of halogens is 2. The third-order valence-electron chi connectivity index (χ3n) is 8.20. The van der Waals surface area contributed by atoms with Gasteiger partial charge in [-0.2, -0.15) is 4.39 Å². The van der Waals surface area contributed by atoms with Crippen molar-refractivity contribution in [3.05, 3.63) is 76.9 Å². The minimum atomic E-state index is -0.827. The molecule has 2 aliphatic carbocycles. The summed E-state index contributed by atoms with van der Waals surface area (Å²) in [5.41, 5.74) is 3.28. The summed E-state index contributed by atoms with van der Waals surface area (Å²) in [6.45, 7) is 4.25. The van der Waals surface area contributed by atoms with Gasteiger partial charge in [0.15, 0.2) is 11.6 Å². The van der Waals surface area contributed by atoms with Crippen LogP contribution in [0.25, 0.3) is 0 Å². The highest BCUT2D eigenvalue weighted by atomic mass is 19.2. The molecule has 0 heterocycles. The number of aryl methyl sites for hydroxylation is 2. The second kappa shape index (κ2) is 12.0. The van der Waals surface area contributed by atoms with E-state index in [1.807, 2.05) is 0 Å². The van der Waals surface area contributed by atoms with E-state index in [1.165, 1.54) is 36.8 Å². The fourth-order valence-corrected chi connectivity index (χ4v) is 6.13. The van der Waals surface area contributed by atoms with Crippen LogP contribution in [0.2, 0.25) is 0 Å². The van der Waals surface area contributed by atoms with Crippen LogP contribution in [0.4, 0.5) is 8.78 Å². The molecule has 0 atom stereocenters. The van der Waals surface area contributed by atoms with Crippen molar-refractivity contribution in [2.24, 2.45) is 17.8 Å². The quantitative estimate of drug-likeness (QED) is 0.353. The fourth-order valence-electron chi connectivity index (χ4n) is 6.13. The molecular formula is C31H40F2O. The molecule has 4 rings (SSSR count). The van der Waals surface area contributed by atoms with Crippen LogP contribution in [0.15, 0.2) is 48.6 Å². The van der Waals surface area contributed by atoms with Crippen LogP contribution < -0.4 is 4.74 Å². The molecule has 0 unspecified atom stereocenters. The van der Waals surface area contributed by atoms with Crippen LogP contribution in [0.3, 0.4) is 0 Å². The van der Waals surface area contributed by atoms with Crippen LogP contribution in [0.5, 0.6) is 5.75 Å². The minimum Gasteiger partial charge on any atom is -0.491 e. The lowest BCUT2D eigenvalue weighted by molar-refractivity contribution is 0.170. The van der Waals surface area contributed by atoms with Crippen molar-refractivity contribution in [2.45, 2.75) is 84.0 Å². The summed E-state index contributed by atoms with van der Waals surface area (Å²) in [5.74, 6) is 0.910. The molecular weight excluding hydrogens is 426 g/mol. The predicted octanol–water partition coefficient (Wildman–Crippen LogP) is 8.94. The zero-order valence-electron chi connectivity index (χ0n) is 20.9. The first-order chi connectivity index (χ1) is 16.5. The zero-order valence-corrected chi connectivity index (χ0v) is 20.9. The monoisotopic (exact) mass is 466 g/mol. The summed E-state index contributed by atoms with van der Waals surface area (Å²) < 4.78 is 34.2. The second-order valence-electron chi connectivity index (χ2n) is 10.5. The Morgan fingerprint density at radius 3 is 2.12 bits per heavy atom. The Hall–Kier alpha value is -2.16. The third kappa shape index (κ3) is 6.29. The lowest BCUT2D eigenvalue weighted by Gasteiger charge is -2.37. The lowest BCUT2D eigenvalue weighted by Crippen LogP contribution is -2.25. The van der Waals surface area contributed by atoms with Crippen molar-refractivity contribution in [3.8, 4) is 5.75 Å². The lowest BCUT2D eigenvalue weighted by atomic mass is 9.68. The average molecular weight is 467 g/mol. The van der Waals surface area contributed by atoms with Gasteiger partial charge in [0.25, 0.3) is 0 Å². The Bertz CT molecular complexity index is 933. The summed E-state index contributed by atoms with van der Waals surface area (Å²) in [6.07, 6.45) is 16.5. The van der Waals surface area contributed by atoms with Crippen molar-refractivity contribution in [2.75, 3.05) is 6.61 Å². The van der Waals surface area contributed by atoms with E-state index in [9.17, 15) is 8.78 Å². The molecule has 0 amide bonds. The van der Waals surface area contributed by atoms with Crippen LogP contribution in [0.1, 0.15) is 87.3 Å². The molecule has 0 radical (unpaired) electrons. The van der Waals surface area contributed by atoms with Crippen LogP contribution in [-0.2, 0) is 6.42 Å².